The number of amides is 1. The van der Waals surface area contributed by atoms with Gasteiger partial charge in [-0.15, -0.1) is 0 Å². The molecule has 0 N–H and O–H groups in total. The standard InChI is InChI=1S/C22H25N3O4/c1-16-9-7-8-12-19(16)27-15-21-23-20(24-29-21)13-14-25(3)22(26)17(2)28-18-10-5-4-6-11-18/h4-12,17H,13-15H2,1-3H3/t17-/m0/s1. The molecule has 0 saturated carbocycles. The Kier molecular flexibility index (Phi) is 6.84. The number of benzene rings is 2. The lowest BCUT2D eigenvalue weighted by atomic mass is 10.2. The summed E-state index contributed by atoms with van der Waals surface area (Å²) >= 11 is 0. The van der Waals surface area contributed by atoms with Crippen LogP contribution in [-0.4, -0.2) is 40.6 Å². The summed E-state index contributed by atoms with van der Waals surface area (Å²) in [4.78, 5) is 18.4. The summed E-state index contributed by atoms with van der Waals surface area (Å²) < 4.78 is 16.6. The molecule has 0 saturated heterocycles. The smallest absolute Gasteiger partial charge is 0.264 e. The number of hydrogen-bond acceptors (Lipinski definition) is 6. The Bertz CT molecular complexity index is 927. The molecule has 1 atom stereocenters. The SMILES string of the molecule is Cc1ccccc1OCc1nc(CCN(C)C(=O)[C@H](C)Oc2ccccc2)no1. The predicted octanol–water partition coefficient (Wildman–Crippen LogP) is 3.43. The summed E-state index contributed by atoms with van der Waals surface area (Å²) in [5, 5.41) is 3.96. The molecule has 0 spiro atoms. The third-order valence-corrected chi connectivity index (χ3v) is 4.41. The van der Waals surface area contributed by atoms with Gasteiger partial charge in [0.05, 0.1) is 0 Å². The van der Waals surface area contributed by atoms with Crippen LogP contribution in [0.1, 0.15) is 24.2 Å². The van der Waals surface area contributed by atoms with E-state index < -0.39 is 6.10 Å². The van der Waals surface area contributed by atoms with Crippen LogP contribution in [-0.2, 0) is 17.8 Å². The van der Waals surface area contributed by atoms with Crippen molar-refractivity contribution in [3.63, 3.8) is 0 Å². The second kappa shape index (κ2) is 9.73. The maximum atomic E-state index is 12.5. The minimum absolute atomic E-state index is 0.111. The average Bonchev–Trinajstić information content (AvgIpc) is 3.19. The number of hydrogen-bond donors (Lipinski definition) is 0. The van der Waals surface area contributed by atoms with Gasteiger partial charge in [0.25, 0.3) is 11.8 Å². The number of carbonyl (C=O) groups excluding carboxylic acids is 1. The number of carbonyl (C=O) groups is 1. The molecule has 0 bridgehead atoms. The van der Waals surface area contributed by atoms with Gasteiger partial charge >= 0.3 is 0 Å². The molecule has 0 fully saturated rings. The lowest BCUT2D eigenvalue weighted by Crippen LogP contribution is -2.39. The van der Waals surface area contributed by atoms with Crippen molar-refractivity contribution in [1.29, 1.82) is 0 Å². The van der Waals surface area contributed by atoms with Gasteiger partial charge in [-0.1, -0.05) is 41.6 Å². The molecule has 0 unspecified atom stereocenters. The van der Waals surface area contributed by atoms with Crippen LogP contribution in [0.15, 0.2) is 59.1 Å². The number of rotatable bonds is 9. The van der Waals surface area contributed by atoms with Crippen molar-refractivity contribution in [3.8, 4) is 11.5 Å². The number of para-hydroxylation sites is 2. The van der Waals surface area contributed by atoms with E-state index in [2.05, 4.69) is 10.1 Å². The zero-order valence-corrected chi connectivity index (χ0v) is 16.9. The Morgan fingerprint density at radius 2 is 1.86 bits per heavy atom. The zero-order valence-electron chi connectivity index (χ0n) is 16.9. The van der Waals surface area contributed by atoms with Crippen LogP contribution in [0.3, 0.4) is 0 Å². The third-order valence-electron chi connectivity index (χ3n) is 4.41. The van der Waals surface area contributed by atoms with Crippen molar-refractivity contribution in [2.24, 2.45) is 0 Å². The summed E-state index contributed by atoms with van der Waals surface area (Å²) in [6.07, 6.45) is -0.0977. The molecular weight excluding hydrogens is 370 g/mol. The van der Waals surface area contributed by atoms with E-state index in [0.29, 0.717) is 30.4 Å². The zero-order chi connectivity index (χ0) is 20.6. The highest BCUT2D eigenvalue weighted by Crippen LogP contribution is 2.17. The van der Waals surface area contributed by atoms with Crippen LogP contribution in [0, 0.1) is 6.92 Å². The van der Waals surface area contributed by atoms with E-state index in [1.165, 1.54) is 0 Å². The number of likely N-dealkylation sites (N-methyl/N-ethyl adjacent to an activating group) is 1. The molecule has 3 rings (SSSR count). The summed E-state index contributed by atoms with van der Waals surface area (Å²) in [6, 6.07) is 17.0. The Morgan fingerprint density at radius 1 is 1.14 bits per heavy atom. The monoisotopic (exact) mass is 395 g/mol. The van der Waals surface area contributed by atoms with Gasteiger partial charge in [-0.3, -0.25) is 4.79 Å². The summed E-state index contributed by atoms with van der Waals surface area (Å²) in [6.45, 7) is 4.37. The van der Waals surface area contributed by atoms with Crippen LogP contribution in [0.5, 0.6) is 11.5 Å². The highest BCUT2D eigenvalue weighted by molar-refractivity contribution is 5.80. The van der Waals surface area contributed by atoms with E-state index in [-0.39, 0.29) is 12.5 Å². The van der Waals surface area contributed by atoms with Crippen molar-refractivity contribution >= 4 is 5.91 Å². The average molecular weight is 395 g/mol. The van der Waals surface area contributed by atoms with Gasteiger partial charge in [-0.25, -0.2) is 0 Å². The van der Waals surface area contributed by atoms with Crippen molar-refractivity contribution < 1.29 is 18.8 Å². The Hall–Kier alpha value is -3.35. The lowest BCUT2D eigenvalue weighted by Gasteiger charge is -2.21. The fraction of sp³-hybridized carbons (Fsp3) is 0.318. The largest absolute Gasteiger partial charge is 0.483 e. The van der Waals surface area contributed by atoms with Crippen molar-refractivity contribution in [2.45, 2.75) is 33.0 Å². The van der Waals surface area contributed by atoms with E-state index in [4.69, 9.17) is 14.0 Å². The van der Waals surface area contributed by atoms with Gasteiger partial charge in [0.2, 0.25) is 0 Å². The van der Waals surface area contributed by atoms with E-state index in [1.807, 2.05) is 61.5 Å². The molecule has 2 aromatic carbocycles. The molecule has 7 heteroatoms. The van der Waals surface area contributed by atoms with Crippen LogP contribution in [0.2, 0.25) is 0 Å². The molecule has 0 aliphatic heterocycles. The second-order valence-electron chi connectivity index (χ2n) is 6.74. The molecule has 7 nitrogen and oxygen atoms in total. The van der Waals surface area contributed by atoms with E-state index in [1.54, 1.807) is 18.9 Å². The lowest BCUT2D eigenvalue weighted by molar-refractivity contribution is -0.136. The van der Waals surface area contributed by atoms with E-state index in [0.717, 1.165) is 11.3 Å². The molecule has 1 amide bonds. The van der Waals surface area contributed by atoms with Gasteiger partial charge in [0, 0.05) is 20.0 Å². The maximum Gasteiger partial charge on any atom is 0.264 e. The number of aryl methyl sites for hydroxylation is 1. The van der Waals surface area contributed by atoms with Crippen molar-refractivity contribution in [3.05, 3.63) is 71.9 Å². The second-order valence-corrected chi connectivity index (χ2v) is 6.74. The topological polar surface area (TPSA) is 77.7 Å². The quantitative estimate of drug-likeness (QED) is 0.552. The summed E-state index contributed by atoms with van der Waals surface area (Å²) in [7, 11) is 1.73. The molecule has 1 aromatic heterocycles. The van der Waals surface area contributed by atoms with Crippen molar-refractivity contribution in [2.75, 3.05) is 13.6 Å². The highest BCUT2D eigenvalue weighted by Gasteiger charge is 2.19. The maximum absolute atomic E-state index is 12.5. The van der Waals surface area contributed by atoms with Gasteiger partial charge in [-0.2, -0.15) is 4.98 Å². The molecule has 0 aliphatic rings. The first-order chi connectivity index (χ1) is 14.0. The summed E-state index contributed by atoms with van der Waals surface area (Å²) in [5.74, 6) is 2.27. The van der Waals surface area contributed by atoms with Gasteiger partial charge in [0.15, 0.2) is 18.5 Å². The molecule has 1 heterocycles. The molecule has 3 aromatic rings. The summed E-state index contributed by atoms with van der Waals surface area (Å²) in [5.41, 5.74) is 1.04. The number of aromatic nitrogens is 2. The number of nitrogens with zero attached hydrogens (tertiary/aromatic N) is 3. The first-order valence-electron chi connectivity index (χ1n) is 9.49. The first kappa shape index (κ1) is 20.4. The van der Waals surface area contributed by atoms with Crippen LogP contribution >= 0.6 is 0 Å². The molecular formula is C22H25N3O4. The Morgan fingerprint density at radius 3 is 2.62 bits per heavy atom. The fourth-order valence-corrected chi connectivity index (χ4v) is 2.75. The minimum Gasteiger partial charge on any atom is -0.483 e. The molecule has 29 heavy (non-hydrogen) atoms. The van der Waals surface area contributed by atoms with E-state index >= 15 is 0 Å². The van der Waals surface area contributed by atoms with Crippen LogP contribution < -0.4 is 9.47 Å². The fourth-order valence-electron chi connectivity index (χ4n) is 2.75. The normalized spacial score (nSPS) is 11.7. The third kappa shape index (κ3) is 5.81. The van der Waals surface area contributed by atoms with Gasteiger partial charge < -0.3 is 18.9 Å². The highest BCUT2D eigenvalue weighted by atomic mass is 16.5. The minimum atomic E-state index is -0.578. The van der Waals surface area contributed by atoms with E-state index in [9.17, 15) is 4.79 Å². The predicted molar refractivity (Wildman–Crippen MR) is 108 cm³/mol. The van der Waals surface area contributed by atoms with Gasteiger partial charge in [0.1, 0.15) is 11.5 Å². The van der Waals surface area contributed by atoms with Gasteiger partial charge in [-0.05, 0) is 37.6 Å². The Balaban J connectivity index is 1.46. The molecule has 152 valence electrons. The Labute approximate surface area is 170 Å². The molecule has 0 aliphatic carbocycles. The van der Waals surface area contributed by atoms with Crippen LogP contribution in [0.25, 0.3) is 0 Å². The number of ether oxygens (including phenoxy) is 2. The first-order valence-corrected chi connectivity index (χ1v) is 9.49. The van der Waals surface area contributed by atoms with Crippen molar-refractivity contribution in [1.82, 2.24) is 15.0 Å². The van der Waals surface area contributed by atoms with Crippen LogP contribution in [0.4, 0.5) is 0 Å². The molecule has 0 radical (unpaired) electrons.